The molecule has 0 aliphatic rings. The molecule has 0 heterocycles. The van der Waals surface area contributed by atoms with Crippen LogP contribution in [0.1, 0.15) is 19.8 Å². The third-order valence-corrected chi connectivity index (χ3v) is 1.85. The van der Waals surface area contributed by atoms with Gasteiger partial charge in [-0.25, -0.2) is 0 Å². The Morgan fingerprint density at radius 3 is 2.94 bits per heavy atom. The van der Waals surface area contributed by atoms with Gasteiger partial charge in [-0.1, -0.05) is 5.92 Å². The molecule has 0 aromatic heterocycles. The van der Waals surface area contributed by atoms with Crippen LogP contribution in [0.25, 0.3) is 0 Å². The topological polar surface area (TPSA) is 75.3 Å². The minimum atomic E-state index is -0.617. The van der Waals surface area contributed by atoms with Crippen LogP contribution >= 0.6 is 0 Å². The van der Waals surface area contributed by atoms with Crippen LogP contribution in [0, 0.1) is 24.3 Å². The quantitative estimate of drug-likeness (QED) is 0.339. The second-order valence-electron chi connectivity index (χ2n) is 3.22. The zero-order valence-electron chi connectivity index (χ0n) is 9.29. The van der Waals surface area contributed by atoms with Gasteiger partial charge in [-0.15, -0.1) is 12.3 Å². The highest BCUT2D eigenvalue weighted by Crippen LogP contribution is 1.96. The lowest BCUT2D eigenvalue weighted by Crippen LogP contribution is -2.32. The maximum absolute atomic E-state index is 11.4. The first kappa shape index (κ1) is 14.1. The third-order valence-electron chi connectivity index (χ3n) is 1.85. The van der Waals surface area contributed by atoms with Gasteiger partial charge in [0.25, 0.3) is 0 Å². The first-order valence-electron chi connectivity index (χ1n) is 4.89. The minimum Gasteiger partial charge on any atom is -0.391 e. The average Bonchev–Trinajstić information content (AvgIpc) is 2.30. The number of carbonyl (C=O) groups is 1. The number of aliphatic hydroxyl groups is 1. The lowest BCUT2D eigenvalue weighted by Gasteiger charge is -2.10. The van der Waals surface area contributed by atoms with Crippen LogP contribution < -0.4 is 11.1 Å². The Morgan fingerprint density at radius 1 is 1.69 bits per heavy atom. The molecule has 0 fully saturated rings. The van der Waals surface area contributed by atoms with Gasteiger partial charge in [0.2, 0.25) is 5.91 Å². The van der Waals surface area contributed by atoms with Gasteiger partial charge in [-0.05, 0) is 19.4 Å². The Balaban J connectivity index is 3.97. The fraction of sp³-hybridized carbons (Fsp3) is 0.417. The highest BCUT2D eigenvalue weighted by Gasteiger charge is 2.07. The standard InChI is InChI=1S/C12H16N2O2/c1-3-4-7-11(15)9-14-12(16)10(2)6-5-8-13/h1,6,11,15H,4,7,9,13H2,2H3,(H,14,16)/b10-6-. The van der Waals surface area contributed by atoms with Crippen molar-refractivity contribution in [3.8, 4) is 24.3 Å². The summed E-state index contributed by atoms with van der Waals surface area (Å²) < 4.78 is 0. The monoisotopic (exact) mass is 220 g/mol. The summed E-state index contributed by atoms with van der Waals surface area (Å²) in [7, 11) is 0. The molecule has 0 radical (unpaired) electrons. The molecule has 86 valence electrons. The maximum Gasteiger partial charge on any atom is 0.247 e. The largest absolute Gasteiger partial charge is 0.391 e. The number of hydrogen-bond acceptors (Lipinski definition) is 3. The van der Waals surface area contributed by atoms with E-state index in [0.717, 1.165) is 0 Å². The summed E-state index contributed by atoms with van der Waals surface area (Å²) in [4.78, 5) is 11.4. The summed E-state index contributed by atoms with van der Waals surface area (Å²) in [6.45, 7) is 1.80. The van der Waals surface area contributed by atoms with E-state index in [1.807, 2.05) is 0 Å². The van der Waals surface area contributed by atoms with Crippen molar-refractivity contribution in [1.29, 1.82) is 0 Å². The van der Waals surface area contributed by atoms with Crippen LogP contribution in [-0.4, -0.2) is 23.7 Å². The molecular weight excluding hydrogens is 204 g/mol. The van der Waals surface area contributed by atoms with Crippen LogP contribution in [0.3, 0.4) is 0 Å². The summed E-state index contributed by atoms with van der Waals surface area (Å²) in [6.07, 6.45) is 6.82. The minimum absolute atomic E-state index is 0.182. The van der Waals surface area contributed by atoms with Crippen LogP contribution in [0.15, 0.2) is 11.6 Å². The molecule has 4 heteroatoms. The van der Waals surface area contributed by atoms with Crippen molar-refractivity contribution in [2.24, 2.45) is 5.73 Å². The van der Waals surface area contributed by atoms with Crippen LogP contribution in [0.4, 0.5) is 0 Å². The predicted octanol–water partition coefficient (Wildman–Crippen LogP) is -0.257. The van der Waals surface area contributed by atoms with Gasteiger partial charge in [-0.3, -0.25) is 4.79 Å². The fourth-order valence-electron chi connectivity index (χ4n) is 0.917. The number of terminal acetylenes is 1. The molecule has 1 atom stereocenters. The van der Waals surface area contributed by atoms with Crippen LogP contribution in [0.2, 0.25) is 0 Å². The molecule has 0 saturated carbocycles. The molecular formula is C12H16N2O2. The van der Waals surface area contributed by atoms with Crippen molar-refractivity contribution < 1.29 is 9.90 Å². The van der Waals surface area contributed by atoms with Crippen LogP contribution in [0.5, 0.6) is 0 Å². The molecule has 16 heavy (non-hydrogen) atoms. The van der Waals surface area contributed by atoms with E-state index in [1.165, 1.54) is 6.08 Å². The van der Waals surface area contributed by atoms with E-state index in [1.54, 1.807) is 6.92 Å². The van der Waals surface area contributed by atoms with Crippen molar-refractivity contribution in [2.75, 3.05) is 6.54 Å². The molecule has 4 nitrogen and oxygen atoms in total. The number of nitrogens with two attached hydrogens (primary N) is 1. The van der Waals surface area contributed by atoms with E-state index >= 15 is 0 Å². The van der Waals surface area contributed by atoms with E-state index in [4.69, 9.17) is 12.2 Å². The lowest BCUT2D eigenvalue weighted by molar-refractivity contribution is -0.117. The predicted molar refractivity (Wildman–Crippen MR) is 62.8 cm³/mol. The van der Waals surface area contributed by atoms with Gasteiger partial charge in [-0.2, -0.15) is 0 Å². The highest BCUT2D eigenvalue weighted by molar-refractivity contribution is 5.93. The second kappa shape index (κ2) is 8.40. The summed E-state index contributed by atoms with van der Waals surface area (Å²) >= 11 is 0. The zero-order valence-corrected chi connectivity index (χ0v) is 9.29. The number of carbonyl (C=O) groups excluding carboxylic acids is 1. The number of allylic oxidation sites excluding steroid dienone is 1. The number of aliphatic hydroxyl groups excluding tert-OH is 1. The second-order valence-corrected chi connectivity index (χ2v) is 3.22. The van der Waals surface area contributed by atoms with Gasteiger partial charge in [0.05, 0.1) is 6.10 Å². The average molecular weight is 220 g/mol. The van der Waals surface area contributed by atoms with Crippen molar-refractivity contribution in [1.82, 2.24) is 5.32 Å². The molecule has 0 spiro atoms. The summed E-state index contributed by atoms with van der Waals surface area (Å²) in [5.41, 5.74) is 5.40. The molecule has 0 bridgehead atoms. The molecule has 4 N–H and O–H groups in total. The first-order valence-corrected chi connectivity index (χ1v) is 4.89. The first-order chi connectivity index (χ1) is 7.61. The number of nitrogens with one attached hydrogen (secondary N) is 1. The summed E-state index contributed by atoms with van der Waals surface area (Å²) in [6, 6.07) is 2.17. The Labute approximate surface area is 95.9 Å². The molecule has 0 aliphatic heterocycles. The van der Waals surface area contributed by atoms with E-state index in [2.05, 4.69) is 23.2 Å². The van der Waals surface area contributed by atoms with E-state index in [-0.39, 0.29) is 12.5 Å². The normalized spacial score (nSPS) is 11.9. The van der Waals surface area contributed by atoms with Crippen molar-refractivity contribution in [3.63, 3.8) is 0 Å². The Hall–Kier alpha value is -1.91. The van der Waals surface area contributed by atoms with Gasteiger partial charge in [0.1, 0.15) is 0 Å². The highest BCUT2D eigenvalue weighted by atomic mass is 16.3. The molecule has 0 aromatic rings. The molecule has 0 aliphatic carbocycles. The molecule has 0 rings (SSSR count). The number of hydrogen-bond donors (Lipinski definition) is 3. The van der Waals surface area contributed by atoms with Crippen molar-refractivity contribution in [2.45, 2.75) is 25.9 Å². The number of amides is 1. The molecule has 1 amide bonds. The van der Waals surface area contributed by atoms with E-state index < -0.39 is 6.10 Å². The van der Waals surface area contributed by atoms with E-state index in [0.29, 0.717) is 18.4 Å². The summed E-state index contributed by atoms with van der Waals surface area (Å²) in [5.74, 6) is 4.61. The van der Waals surface area contributed by atoms with Crippen LogP contribution in [-0.2, 0) is 4.79 Å². The smallest absolute Gasteiger partial charge is 0.247 e. The molecule has 1 unspecified atom stereocenters. The Bertz CT molecular complexity index is 355. The molecule has 0 aromatic carbocycles. The Morgan fingerprint density at radius 2 is 2.38 bits per heavy atom. The van der Waals surface area contributed by atoms with Gasteiger partial charge < -0.3 is 16.2 Å². The lowest BCUT2D eigenvalue weighted by atomic mass is 10.2. The Kier molecular flexibility index (Phi) is 7.40. The molecule has 0 saturated heterocycles. The van der Waals surface area contributed by atoms with Crippen molar-refractivity contribution >= 4 is 5.91 Å². The maximum atomic E-state index is 11.4. The van der Waals surface area contributed by atoms with E-state index in [9.17, 15) is 9.90 Å². The van der Waals surface area contributed by atoms with Gasteiger partial charge in [0.15, 0.2) is 0 Å². The number of rotatable bonds is 5. The SMILES string of the molecule is C#CCCC(O)CNC(=O)/C(C)=C\C#CN. The summed E-state index contributed by atoms with van der Waals surface area (Å²) in [5, 5.41) is 12.0. The van der Waals surface area contributed by atoms with Gasteiger partial charge in [0, 0.05) is 24.6 Å². The van der Waals surface area contributed by atoms with Gasteiger partial charge >= 0.3 is 0 Å². The zero-order chi connectivity index (χ0) is 12.4. The third kappa shape index (κ3) is 6.53. The van der Waals surface area contributed by atoms with Crippen molar-refractivity contribution in [3.05, 3.63) is 11.6 Å². The fourth-order valence-corrected chi connectivity index (χ4v) is 0.917.